The van der Waals surface area contributed by atoms with Gasteiger partial charge in [-0.3, -0.25) is 4.79 Å². The number of carbonyl (C=O) groups excluding carboxylic acids is 1. The van der Waals surface area contributed by atoms with Gasteiger partial charge in [-0.15, -0.1) is 0 Å². The fourth-order valence-corrected chi connectivity index (χ4v) is 4.32. The van der Waals surface area contributed by atoms with Crippen molar-refractivity contribution in [2.75, 3.05) is 20.2 Å². The van der Waals surface area contributed by atoms with Crippen LogP contribution in [-0.2, 0) is 14.9 Å². The van der Waals surface area contributed by atoms with Crippen LogP contribution in [0.15, 0.2) is 28.7 Å². The van der Waals surface area contributed by atoms with Crippen LogP contribution in [0, 0.1) is 0 Å². The van der Waals surface area contributed by atoms with Crippen molar-refractivity contribution >= 4 is 21.9 Å². The second kappa shape index (κ2) is 9.00. The highest BCUT2D eigenvalue weighted by Gasteiger charge is 2.37. The lowest BCUT2D eigenvalue weighted by atomic mass is 9.69. The summed E-state index contributed by atoms with van der Waals surface area (Å²) in [6.45, 7) is 6.79. The molecule has 0 spiro atoms. The van der Waals surface area contributed by atoms with Gasteiger partial charge in [0.05, 0.1) is 7.11 Å². The number of benzene rings is 1. The van der Waals surface area contributed by atoms with E-state index in [0.717, 1.165) is 36.8 Å². The molecule has 0 unspecified atom stereocenters. The predicted octanol–water partition coefficient (Wildman–Crippen LogP) is 4.92. The van der Waals surface area contributed by atoms with E-state index in [-0.39, 0.29) is 11.4 Å². The summed E-state index contributed by atoms with van der Waals surface area (Å²) in [7, 11) is 1.48. The number of esters is 1. The van der Waals surface area contributed by atoms with Crippen LogP contribution in [-0.4, -0.2) is 37.1 Å². The van der Waals surface area contributed by atoms with E-state index in [0.29, 0.717) is 12.5 Å². The molecule has 0 bridgehead atoms. The van der Waals surface area contributed by atoms with Crippen molar-refractivity contribution in [3.05, 3.63) is 34.3 Å². The van der Waals surface area contributed by atoms with Gasteiger partial charge in [0.25, 0.3) is 0 Å². The van der Waals surface area contributed by atoms with Gasteiger partial charge in [-0.1, -0.05) is 41.9 Å². The quantitative estimate of drug-likeness (QED) is 0.613. The molecule has 1 saturated heterocycles. The minimum absolute atomic E-state index is 0.0947. The van der Waals surface area contributed by atoms with E-state index >= 15 is 0 Å². The van der Waals surface area contributed by atoms with Crippen molar-refractivity contribution in [1.82, 2.24) is 4.90 Å². The number of halogens is 1. The zero-order chi connectivity index (χ0) is 17.6. The normalized spacial score (nSPS) is 17.9. The van der Waals surface area contributed by atoms with Gasteiger partial charge in [-0.25, -0.2) is 0 Å². The van der Waals surface area contributed by atoms with Gasteiger partial charge in [-0.05, 0) is 68.3 Å². The Bertz CT molecular complexity index is 517. The molecule has 24 heavy (non-hydrogen) atoms. The smallest absolute Gasteiger partial charge is 0.305 e. The molecular weight excluding hydrogens is 366 g/mol. The lowest BCUT2D eigenvalue weighted by molar-refractivity contribution is -0.141. The lowest BCUT2D eigenvalue weighted by Crippen LogP contribution is -2.46. The highest BCUT2D eigenvalue weighted by atomic mass is 79.9. The Morgan fingerprint density at radius 1 is 1.21 bits per heavy atom. The van der Waals surface area contributed by atoms with Crippen LogP contribution in [0.4, 0.5) is 0 Å². The molecule has 1 fully saturated rings. The van der Waals surface area contributed by atoms with E-state index in [2.05, 4.69) is 58.9 Å². The summed E-state index contributed by atoms with van der Waals surface area (Å²) >= 11 is 3.53. The third-order valence-corrected chi connectivity index (χ3v) is 6.23. The van der Waals surface area contributed by atoms with Crippen LogP contribution in [0.1, 0.15) is 57.9 Å². The number of carbonyl (C=O) groups is 1. The van der Waals surface area contributed by atoms with Crippen LogP contribution < -0.4 is 0 Å². The molecular formula is C20H30BrNO2. The second-order valence-corrected chi connectivity index (χ2v) is 7.79. The SMILES string of the molecule is CCC(CC)N1CCC(CCC(=O)OC)(c2ccc(Br)cc2)CC1. The van der Waals surface area contributed by atoms with Crippen LogP contribution in [0.2, 0.25) is 0 Å². The summed E-state index contributed by atoms with van der Waals surface area (Å²) in [6.07, 6.45) is 6.02. The Labute approximate surface area is 154 Å². The van der Waals surface area contributed by atoms with Crippen LogP contribution in [0.25, 0.3) is 0 Å². The molecule has 1 aromatic carbocycles. The lowest BCUT2D eigenvalue weighted by Gasteiger charge is -2.45. The topological polar surface area (TPSA) is 29.5 Å². The molecule has 0 saturated carbocycles. The van der Waals surface area contributed by atoms with E-state index in [9.17, 15) is 4.79 Å². The molecule has 4 heteroatoms. The maximum absolute atomic E-state index is 11.7. The number of nitrogens with zero attached hydrogens (tertiary/aromatic N) is 1. The zero-order valence-corrected chi connectivity index (χ0v) is 16.8. The molecule has 134 valence electrons. The highest BCUT2D eigenvalue weighted by molar-refractivity contribution is 9.10. The molecule has 2 rings (SSSR count). The van der Waals surface area contributed by atoms with E-state index in [4.69, 9.17) is 4.74 Å². The zero-order valence-electron chi connectivity index (χ0n) is 15.2. The van der Waals surface area contributed by atoms with E-state index in [1.165, 1.54) is 25.5 Å². The number of ether oxygens (including phenoxy) is 1. The molecule has 1 heterocycles. The van der Waals surface area contributed by atoms with Gasteiger partial charge in [0.1, 0.15) is 0 Å². The maximum Gasteiger partial charge on any atom is 0.305 e. The first kappa shape index (κ1) is 19.5. The van der Waals surface area contributed by atoms with Crippen LogP contribution in [0.3, 0.4) is 0 Å². The number of piperidine rings is 1. The summed E-state index contributed by atoms with van der Waals surface area (Å²) in [5.41, 5.74) is 1.45. The van der Waals surface area contributed by atoms with Gasteiger partial charge < -0.3 is 9.64 Å². The Hall–Kier alpha value is -0.870. The molecule has 0 aliphatic carbocycles. The Balaban J connectivity index is 2.16. The molecule has 1 aromatic rings. The first-order valence-electron chi connectivity index (χ1n) is 9.11. The van der Waals surface area contributed by atoms with Crippen molar-refractivity contribution < 1.29 is 9.53 Å². The molecule has 0 radical (unpaired) electrons. The van der Waals surface area contributed by atoms with Crippen LogP contribution in [0.5, 0.6) is 0 Å². The monoisotopic (exact) mass is 395 g/mol. The number of hydrogen-bond donors (Lipinski definition) is 0. The predicted molar refractivity (Wildman–Crippen MR) is 102 cm³/mol. The maximum atomic E-state index is 11.7. The van der Waals surface area contributed by atoms with Crippen molar-refractivity contribution in [3.63, 3.8) is 0 Å². The number of hydrogen-bond acceptors (Lipinski definition) is 3. The standard InChI is InChI=1S/C20H30BrNO2/c1-4-18(5-2)22-14-12-20(13-15-22,11-10-19(23)24-3)16-6-8-17(21)9-7-16/h6-9,18H,4-5,10-15H2,1-3H3. The molecule has 0 amide bonds. The Morgan fingerprint density at radius 2 is 1.79 bits per heavy atom. The van der Waals surface area contributed by atoms with Gasteiger partial charge in [0.2, 0.25) is 0 Å². The summed E-state index contributed by atoms with van der Waals surface area (Å²) in [6, 6.07) is 9.35. The van der Waals surface area contributed by atoms with Crippen LogP contribution >= 0.6 is 15.9 Å². The molecule has 0 atom stereocenters. The fraction of sp³-hybridized carbons (Fsp3) is 0.650. The highest BCUT2D eigenvalue weighted by Crippen LogP contribution is 2.41. The first-order chi connectivity index (χ1) is 11.5. The number of rotatable bonds is 7. The van der Waals surface area contributed by atoms with Crippen molar-refractivity contribution in [3.8, 4) is 0 Å². The third-order valence-electron chi connectivity index (χ3n) is 5.71. The Morgan fingerprint density at radius 3 is 2.29 bits per heavy atom. The summed E-state index contributed by atoms with van der Waals surface area (Å²) < 4.78 is 5.98. The number of likely N-dealkylation sites (tertiary alicyclic amines) is 1. The fourth-order valence-electron chi connectivity index (χ4n) is 4.05. The largest absolute Gasteiger partial charge is 0.469 e. The average molecular weight is 396 g/mol. The van der Waals surface area contributed by atoms with Gasteiger partial charge in [-0.2, -0.15) is 0 Å². The van der Waals surface area contributed by atoms with Crippen molar-refractivity contribution in [2.24, 2.45) is 0 Å². The van der Waals surface area contributed by atoms with Crippen molar-refractivity contribution in [2.45, 2.75) is 63.8 Å². The number of methoxy groups -OCH3 is 1. The van der Waals surface area contributed by atoms with Gasteiger partial charge >= 0.3 is 5.97 Å². The summed E-state index contributed by atoms with van der Waals surface area (Å²) in [5, 5.41) is 0. The van der Waals surface area contributed by atoms with Gasteiger partial charge in [0.15, 0.2) is 0 Å². The third kappa shape index (κ3) is 4.60. The molecule has 0 N–H and O–H groups in total. The Kier molecular flexibility index (Phi) is 7.30. The second-order valence-electron chi connectivity index (χ2n) is 6.87. The van der Waals surface area contributed by atoms with E-state index in [1.54, 1.807) is 0 Å². The van der Waals surface area contributed by atoms with E-state index in [1.807, 2.05) is 0 Å². The minimum atomic E-state index is -0.103. The molecule has 1 aliphatic heterocycles. The van der Waals surface area contributed by atoms with E-state index < -0.39 is 0 Å². The first-order valence-corrected chi connectivity index (χ1v) is 9.91. The molecule has 3 nitrogen and oxygen atoms in total. The average Bonchev–Trinajstić information content (AvgIpc) is 2.62. The molecule has 1 aliphatic rings. The van der Waals surface area contributed by atoms with Crippen molar-refractivity contribution in [1.29, 1.82) is 0 Å². The summed E-state index contributed by atoms with van der Waals surface area (Å²) in [4.78, 5) is 14.3. The summed E-state index contributed by atoms with van der Waals surface area (Å²) in [5.74, 6) is -0.103. The minimum Gasteiger partial charge on any atom is -0.469 e. The van der Waals surface area contributed by atoms with Gasteiger partial charge in [0, 0.05) is 16.9 Å². The molecule has 0 aromatic heterocycles.